The number of ether oxygens (including phenoxy) is 1. The van der Waals surface area contributed by atoms with Crippen molar-refractivity contribution in [3.05, 3.63) is 51.7 Å². The van der Waals surface area contributed by atoms with Crippen LogP contribution >= 0.6 is 11.3 Å². The van der Waals surface area contributed by atoms with Gasteiger partial charge in [-0.25, -0.2) is 13.6 Å². The number of halogens is 2. The molecule has 0 amide bonds. The van der Waals surface area contributed by atoms with Crippen molar-refractivity contribution in [1.82, 2.24) is 0 Å². The van der Waals surface area contributed by atoms with Crippen molar-refractivity contribution in [3.63, 3.8) is 0 Å². The minimum absolute atomic E-state index is 0.0650. The molecule has 0 atom stereocenters. The van der Waals surface area contributed by atoms with E-state index in [1.54, 1.807) is 0 Å². The number of methoxy groups -OCH3 is 1. The standard InChI is InChI=1S/C13H11F2NO2S/c1-18-13(17)9-5-12(11(15)6-10(9)14)16-7-8-3-2-4-19-8/h2-6,16H,7H2,1H3. The van der Waals surface area contributed by atoms with E-state index in [-0.39, 0.29) is 11.3 Å². The monoisotopic (exact) mass is 283 g/mol. The summed E-state index contributed by atoms with van der Waals surface area (Å²) in [5.41, 5.74) is -0.229. The van der Waals surface area contributed by atoms with Crippen LogP contribution in [0.25, 0.3) is 0 Å². The van der Waals surface area contributed by atoms with Crippen LogP contribution < -0.4 is 5.32 Å². The Hall–Kier alpha value is -1.95. The highest BCUT2D eigenvalue weighted by Crippen LogP contribution is 2.21. The number of benzene rings is 1. The van der Waals surface area contributed by atoms with Gasteiger partial charge in [0.2, 0.25) is 0 Å². The van der Waals surface area contributed by atoms with Crippen LogP contribution in [0.3, 0.4) is 0 Å². The van der Waals surface area contributed by atoms with Crippen molar-refractivity contribution in [2.24, 2.45) is 0 Å². The maximum absolute atomic E-state index is 13.6. The molecular formula is C13H11F2NO2S. The highest BCUT2D eigenvalue weighted by Gasteiger charge is 2.16. The second kappa shape index (κ2) is 5.79. The van der Waals surface area contributed by atoms with E-state index >= 15 is 0 Å². The summed E-state index contributed by atoms with van der Waals surface area (Å²) in [4.78, 5) is 12.3. The van der Waals surface area contributed by atoms with Gasteiger partial charge in [-0.1, -0.05) is 6.07 Å². The average Bonchev–Trinajstić information content (AvgIpc) is 2.90. The molecule has 0 aliphatic carbocycles. The van der Waals surface area contributed by atoms with Crippen LogP contribution in [0.1, 0.15) is 15.2 Å². The molecule has 1 heterocycles. The predicted octanol–water partition coefficient (Wildman–Crippen LogP) is 3.43. The van der Waals surface area contributed by atoms with Crippen LogP contribution in [0.2, 0.25) is 0 Å². The SMILES string of the molecule is COC(=O)c1cc(NCc2cccs2)c(F)cc1F. The van der Waals surface area contributed by atoms with Gasteiger partial charge >= 0.3 is 5.97 Å². The minimum Gasteiger partial charge on any atom is -0.465 e. The van der Waals surface area contributed by atoms with Gasteiger partial charge < -0.3 is 10.1 Å². The van der Waals surface area contributed by atoms with Crippen LogP contribution in [0, 0.1) is 11.6 Å². The van der Waals surface area contributed by atoms with Crippen molar-refractivity contribution in [2.45, 2.75) is 6.54 Å². The lowest BCUT2D eigenvalue weighted by molar-refractivity contribution is 0.0595. The van der Waals surface area contributed by atoms with Crippen LogP contribution in [-0.4, -0.2) is 13.1 Å². The summed E-state index contributed by atoms with van der Waals surface area (Å²) in [6.07, 6.45) is 0. The molecule has 2 rings (SSSR count). The Bertz CT molecular complexity index is 585. The van der Waals surface area contributed by atoms with Gasteiger partial charge in [0, 0.05) is 17.5 Å². The Morgan fingerprint density at radius 1 is 1.37 bits per heavy atom. The number of thiophene rings is 1. The Morgan fingerprint density at radius 2 is 2.16 bits per heavy atom. The summed E-state index contributed by atoms with van der Waals surface area (Å²) in [5, 5.41) is 4.72. The Labute approximate surface area is 112 Å². The van der Waals surface area contributed by atoms with Crippen molar-refractivity contribution in [1.29, 1.82) is 0 Å². The number of anilines is 1. The van der Waals surface area contributed by atoms with E-state index < -0.39 is 17.6 Å². The highest BCUT2D eigenvalue weighted by molar-refractivity contribution is 7.09. The molecule has 0 saturated carbocycles. The number of rotatable bonds is 4. The van der Waals surface area contributed by atoms with E-state index in [0.717, 1.165) is 18.1 Å². The molecular weight excluding hydrogens is 272 g/mol. The molecule has 0 spiro atoms. The van der Waals surface area contributed by atoms with Crippen LogP contribution in [0.15, 0.2) is 29.6 Å². The van der Waals surface area contributed by atoms with Gasteiger partial charge in [0.15, 0.2) is 0 Å². The second-order valence-corrected chi connectivity index (χ2v) is 4.77. The zero-order valence-electron chi connectivity index (χ0n) is 10.1. The summed E-state index contributed by atoms with van der Waals surface area (Å²) in [6.45, 7) is 0.404. The van der Waals surface area contributed by atoms with Gasteiger partial charge in [-0.15, -0.1) is 11.3 Å². The first kappa shape index (κ1) is 13.5. The molecule has 1 aromatic heterocycles. The predicted molar refractivity (Wildman–Crippen MR) is 69.3 cm³/mol. The van der Waals surface area contributed by atoms with Gasteiger partial charge in [-0.2, -0.15) is 0 Å². The molecule has 0 radical (unpaired) electrons. The lowest BCUT2D eigenvalue weighted by Gasteiger charge is -2.09. The molecule has 0 fully saturated rings. The minimum atomic E-state index is -0.939. The van der Waals surface area contributed by atoms with Crippen molar-refractivity contribution >= 4 is 23.0 Å². The van der Waals surface area contributed by atoms with Crippen LogP contribution in [0.5, 0.6) is 0 Å². The normalized spacial score (nSPS) is 10.3. The first-order valence-electron chi connectivity index (χ1n) is 5.45. The third-order valence-electron chi connectivity index (χ3n) is 2.50. The van der Waals surface area contributed by atoms with Crippen LogP contribution in [-0.2, 0) is 11.3 Å². The number of carbonyl (C=O) groups is 1. The maximum Gasteiger partial charge on any atom is 0.340 e. The largest absolute Gasteiger partial charge is 0.465 e. The molecule has 0 saturated heterocycles. The summed E-state index contributed by atoms with van der Waals surface area (Å²) >= 11 is 1.52. The molecule has 0 unspecified atom stereocenters. The quantitative estimate of drug-likeness (QED) is 0.874. The molecule has 0 aliphatic rings. The van der Waals surface area contributed by atoms with Crippen molar-refractivity contribution in [3.8, 4) is 0 Å². The first-order chi connectivity index (χ1) is 9.11. The lowest BCUT2D eigenvalue weighted by atomic mass is 10.1. The molecule has 1 aromatic carbocycles. The Morgan fingerprint density at radius 3 is 2.79 bits per heavy atom. The van der Waals surface area contributed by atoms with E-state index in [9.17, 15) is 13.6 Å². The van der Waals surface area contributed by atoms with E-state index in [4.69, 9.17) is 0 Å². The topological polar surface area (TPSA) is 38.3 Å². The summed E-state index contributed by atoms with van der Waals surface area (Å²) < 4.78 is 31.4. The average molecular weight is 283 g/mol. The zero-order chi connectivity index (χ0) is 13.8. The van der Waals surface area contributed by atoms with Crippen LogP contribution in [0.4, 0.5) is 14.5 Å². The molecule has 0 bridgehead atoms. The van der Waals surface area contributed by atoms with E-state index in [2.05, 4.69) is 10.1 Å². The third-order valence-corrected chi connectivity index (χ3v) is 3.37. The molecule has 3 nitrogen and oxygen atoms in total. The van der Waals surface area contributed by atoms with E-state index in [1.807, 2.05) is 17.5 Å². The molecule has 2 aromatic rings. The summed E-state index contributed by atoms with van der Waals surface area (Å²) in [7, 11) is 1.14. The number of carbonyl (C=O) groups excluding carboxylic acids is 1. The Kier molecular flexibility index (Phi) is 4.11. The third kappa shape index (κ3) is 3.08. The fourth-order valence-corrected chi connectivity index (χ4v) is 2.19. The molecule has 1 N–H and O–H groups in total. The molecule has 6 heteroatoms. The number of hydrogen-bond acceptors (Lipinski definition) is 4. The van der Waals surface area contributed by atoms with Crippen molar-refractivity contribution < 1.29 is 18.3 Å². The number of hydrogen-bond donors (Lipinski definition) is 1. The summed E-state index contributed by atoms with van der Waals surface area (Å²) in [6, 6.07) is 5.55. The lowest BCUT2D eigenvalue weighted by Crippen LogP contribution is -2.08. The van der Waals surface area contributed by atoms with Gasteiger partial charge in [-0.05, 0) is 17.5 Å². The zero-order valence-corrected chi connectivity index (χ0v) is 10.9. The van der Waals surface area contributed by atoms with Gasteiger partial charge in [-0.3, -0.25) is 0 Å². The first-order valence-corrected chi connectivity index (χ1v) is 6.33. The Balaban J connectivity index is 2.22. The highest BCUT2D eigenvalue weighted by atomic mass is 32.1. The van der Waals surface area contributed by atoms with Gasteiger partial charge in [0.05, 0.1) is 18.4 Å². The van der Waals surface area contributed by atoms with E-state index in [0.29, 0.717) is 12.6 Å². The summed E-state index contributed by atoms with van der Waals surface area (Å²) in [5.74, 6) is -2.52. The number of nitrogens with one attached hydrogen (secondary N) is 1. The molecule has 19 heavy (non-hydrogen) atoms. The molecule has 0 aliphatic heterocycles. The van der Waals surface area contributed by atoms with Gasteiger partial charge in [0.1, 0.15) is 11.6 Å². The maximum atomic E-state index is 13.6. The molecule has 100 valence electrons. The number of esters is 1. The second-order valence-electron chi connectivity index (χ2n) is 3.74. The van der Waals surface area contributed by atoms with Crippen molar-refractivity contribution in [2.75, 3.05) is 12.4 Å². The smallest absolute Gasteiger partial charge is 0.340 e. The van der Waals surface area contributed by atoms with Gasteiger partial charge in [0.25, 0.3) is 0 Å². The van der Waals surface area contributed by atoms with E-state index in [1.165, 1.54) is 11.3 Å². The fraction of sp³-hybridized carbons (Fsp3) is 0.154. The fourth-order valence-electron chi connectivity index (χ4n) is 1.55.